The Labute approximate surface area is 107 Å². The van der Waals surface area contributed by atoms with Gasteiger partial charge in [-0.15, -0.1) is 0 Å². The van der Waals surface area contributed by atoms with Crippen molar-refractivity contribution in [3.63, 3.8) is 0 Å². The molecule has 0 aliphatic carbocycles. The SMILES string of the molecule is Cc1cc2oc3c(C)c(C)c(C)cc3c2cc1C. The first-order valence-electron chi connectivity index (χ1n) is 6.39. The van der Waals surface area contributed by atoms with Crippen molar-refractivity contribution >= 4 is 21.9 Å². The molecule has 0 bridgehead atoms. The molecule has 92 valence electrons. The number of hydrogen-bond acceptors (Lipinski definition) is 1. The van der Waals surface area contributed by atoms with Gasteiger partial charge in [-0.1, -0.05) is 0 Å². The third kappa shape index (κ3) is 1.40. The molecule has 3 rings (SSSR count). The lowest BCUT2D eigenvalue weighted by Gasteiger charge is -2.04. The summed E-state index contributed by atoms with van der Waals surface area (Å²) in [7, 11) is 0. The Kier molecular flexibility index (Phi) is 2.28. The van der Waals surface area contributed by atoms with E-state index >= 15 is 0 Å². The Morgan fingerprint density at radius 2 is 1.28 bits per heavy atom. The van der Waals surface area contributed by atoms with E-state index in [0.29, 0.717) is 0 Å². The molecule has 0 spiro atoms. The molecule has 1 nitrogen and oxygen atoms in total. The van der Waals surface area contributed by atoms with Gasteiger partial charge < -0.3 is 4.42 Å². The van der Waals surface area contributed by atoms with E-state index in [-0.39, 0.29) is 0 Å². The van der Waals surface area contributed by atoms with Gasteiger partial charge in [-0.3, -0.25) is 0 Å². The van der Waals surface area contributed by atoms with Crippen molar-refractivity contribution in [3.8, 4) is 0 Å². The molecular weight excluding hydrogens is 220 g/mol. The molecular formula is C17H18O. The van der Waals surface area contributed by atoms with Crippen LogP contribution in [0.15, 0.2) is 22.6 Å². The average Bonchev–Trinajstić information content (AvgIpc) is 2.66. The van der Waals surface area contributed by atoms with Crippen molar-refractivity contribution in [2.24, 2.45) is 0 Å². The number of furan rings is 1. The van der Waals surface area contributed by atoms with E-state index in [4.69, 9.17) is 4.42 Å². The van der Waals surface area contributed by atoms with Crippen LogP contribution in [0.25, 0.3) is 21.9 Å². The van der Waals surface area contributed by atoms with Crippen LogP contribution in [0.5, 0.6) is 0 Å². The summed E-state index contributed by atoms with van der Waals surface area (Å²) in [5.74, 6) is 0. The van der Waals surface area contributed by atoms with Gasteiger partial charge in [-0.05, 0) is 80.6 Å². The molecule has 0 aliphatic heterocycles. The van der Waals surface area contributed by atoms with Gasteiger partial charge in [0, 0.05) is 10.8 Å². The number of hydrogen-bond donors (Lipinski definition) is 0. The zero-order valence-corrected chi connectivity index (χ0v) is 11.6. The highest BCUT2D eigenvalue weighted by Gasteiger charge is 2.13. The molecule has 0 radical (unpaired) electrons. The normalized spacial score (nSPS) is 11.6. The number of rotatable bonds is 0. The summed E-state index contributed by atoms with van der Waals surface area (Å²) >= 11 is 0. The number of aryl methyl sites for hydroxylation is 4. The molecule has 0 unspecified atom stereocenters. The molecule has 0 saturated carbocycles. The van der Waals surface area contributed by atoms with Crippen molar-refractivity contribution < 1.29 is 4.42 Å². The maximum Gasteiger partial charge on any atom is 0.138 e. The third-order valence-corrected chi connectivity index (χ3v) is 4.20. The molecule has 0 fully saturated rings. The fourth-order valence-corrected chi connectivity index (χ4v) is 2.58. The molecule has 0 atom stereocenters. The first-order valence-corrected chi connectivity index (χ1v) is 6.39. The molecule has 0 amide bonds. The highest BCUT2D eigenvalue weighted by Crippen LogP contribution is 2.34. The summed E-state index contributed by atoms with van der Waals surface area (Å²) < 4.78 is 6.05. The maximum absolute atomic E-state index is 6.05. The van der Waals surface area contributed by atoms with Crippen LogP contribution < -0.4 is 0 Å². The predicted molar refractivity (Wildman–Crippen MR) is 77.4 cm³/mol. The van der Waals surface area contributed by atoms with Crippen molar-refractivity contribution in [2.75, 3.05) is 0 Å². The van der Waals surface area contributed by atoms with Crippen LogP contribution in [0.1, 0.15) is 27.8 Å². The smallest absolute Gasteiger partial charge is 0.138 e. The van der Waals surface area contributed by atoms with Crippen molar-refractivity contribution in [3.05, 3.63) is 46.0 Å². The number of fused-ring (bicyclic) bond motifs is 3. The summed E-state index contributed by atoms with van der Waals surface area (Å²) in [6.07, 6.45) is 0. The summed E-state index contributed by atoms with van der Waals surface area (Å²) in [5, 5.41) is 2.48. The Morgan fingerprint density at radius 1 is 0.667 bits per heavy atom. The van der Waals surface area contributed by atoms with E-state index in [0.717, 1.165) is 11.2 Å². The van der Waals surface area contributed by atoms with Crippen molar-refractivity contribution in [1.82, 2.24) is 0 Å². The second kappa shape index (κ2) is 3.61. The van der Waals surface area contributed by atoms with Crippen LogP contribution in [-0.2, 0) is 0 Å². The topological polar surface area (TPSA) is 13.1 Å². The molecule has 18 heavy (non-hydrogen) atoms. The maximum atomic E-state index is 6.05. The standard InChI is InChI=1S/C17H18O/c1-9-6-14-15-7-11(3)12(4)13(5)17(15)18-16(14)8-10(9)2/h6-8H,1-5H3. The molecule has 2 aromatic carbocycles. The lowest BCUT2D eigenvalue weighted by atomic mass is 9.99. The Morgan fingerprint density at radius 3 is 2.00 bits per heavy atom. The second-order valence-corrected chi connectivity index (χ2v) is 5.35. The average molecular weight is 238 g/mol. The largest absolute Gasteiger partial charge is 0.456 e. The first-order chi connectivity index (χ1) is 8.49. The van der Waals surface area contributed by atoms with Gasteiger partial charge in [-0.25, -0.2) is 0 Å². The van der Waals surface area contributed by atoms with Gasteiger partial charge in [-0.2, -0.15) is 0 Å². The van der Waals surface area contributed by atoms with Crippen molar-refractivity contribution in [1.29, 1.82) is 0 Å². The summed E-state index contributed by atoms with van der Waals surface area (Å²) in [6.45, 7) is 10.8. The molecule has 3 aromatic rings. The van der Waals surface area contributed by atoms with Crippen LogP contribution in [0, 0.1) is 34.6 Å². The van der Waals surface area contributed by atoms with E-state index in [9.17, 15) is 0 Å². The molecule has 0 aliphatic rings. The minimum absolute atomic E-state index is 1.00. The summed E-state index contributed by atoms with van der Waals surface area (Å²) in [4.78, 5) is 0. The molecule has 0 saturated heterocycles. The van der Waals surface area contributed by atoms with Gasteiger partial charge in [0.05, 0.1) is 0 Å². The van der Waals surface area contributed by atoms with E-state index < -0.39 is 0 Å². The molecule has 1 aromatic heterocycles. The van der Waals surface area contributed by atoms with Gasteiger partial charge >= 0.3 is 0 Å². The van der Waals surface area contributed by atoms with Gasteiger partial charge in [0.15, 0.2) is 0 Å². The highest BCUT2D eigenvalue weighted by molar-refractivity contribution is 6.06. The van der Waals surface area contributed by atoms with Crippen LogP contribution in [-0.4, -0.2) is 0 Å². The van der Waals surface area contributed by atoms with Crippen LogP contribution in [0.3, 0.4) is 0 Å². The predicted octanol–water partition coefficient (Wildman–Crippen LogP) is 5.13. The Hall–Kier alpha value is -1.76. The second-order valence-electron chi connectivity index (χ2n) is 5.35. The van der Waals surface area contributed by atoms with Crippen LogP contribution >= 0.6 is 0 Å². The highest BCUT2D eigenvalue weighted by atomic mass is 16.3. The summed E-state index contributed by atoms with van der Waals surface area (Å²) in [6, 6.07) is 6.64. The van der Waals surface area contributed by atoms with Gasteiger partial charge in [0.2, 0.25) is 0 Å². The van der Waals surface area contributed by atoms with Crippen LogP contribution in [0.2, 0.25) is 0 Å². The van der Waals surface area contributed by atoms with E-state index in [2.05, 4.69) is 52.8 Å². The lowest BCUT2D eigenvalue weighted by Crippen LogP contribution is -1.86. The fraction of sp³-hybridized carbons (Fsp3) is 0.294. The quantitative estimate of drug-likeness (QED) is 0.529. The lowest BCUT2D eigenvalue weighted by molar-refractivity contribution is 0.664. The van der Waals surface area contributed by atoms with Gasteiger partial charge in [0.25, 0.3) is 0 Å². The fourth-order valence-electron chi connectivity index (χ4n) is 2.58. The summed E-state index contributed by atoms with van der Waals surface area (Å²) in [5.41, 5.74) is 8.57. The minimum Gasteiger partial charge on any atom is -0.456 e. The van der Waals surface area contributed by atoms with Gasteiger partial charge in [0.1, 0.15) is 11.2 Å². The zero-order chi connectivity index (χ0) is 13.0. The zero-order valence-electron chi connectivity index (χ0n) is 11.6. The Bertz CT molecular complexity index is 775. The monoisotopic (exact) mass is 238 g/mol. The first kappa shape index (κ1) is 11.3. The molecule has 1 heterocycles. The Balaban J connectivity index is 2.56. The minimum atomic E-state index is 1.00. The van der Waals surface area contributed by atoms with E-state index in [1.807, 2.05) is 0 Å². The van der Waals surface area contributed by atoms with E-state index in [1.165, 1.54) is 38.6 Å². The van der Waals surface area contributed by atoms with E-state index in [1.54, 1.807) is 0 Å². The molecule has 0 N–H and O–H groups in total. The third-order valence-electron chi connectivity index (χ3n) is 4.20. The molecule has 1 heteroatoms. The van der Waals surface area contributed by atoms with Crippen LogP contribution in [0.4, 0.5) is 0 Å². The van der Waals surface area contributed by atoms with Crippen molar-refractivity contribution in [2.45, 2.75) is 34.6 Å². The number of benzene rings is 2.